The zero-order chi connectivity index (χ0) is 13.1. The number of methoxy groups -OCH3 is 1. The van der Waals surface area contributed by atoms with Crippen LogP contribution in [0.4, 0.5) is 5.69 Å². The van der Waals surface area contributed by atoms with E-state index in [1.165, 1.54) is 18.0 Å². The molecule has 18 heavy (non-hydrogen) atoms. The molecule has 2 heterocycles. The average molecular weight is 252 g/mol. The lowest BCUT2D eigenvalue weighted by Crippen LogP contribution is -2.33. The molecule has 7 nitrogen and oxygen atoms in total. The summed E-state index contributed by atoms with van der Waals surface area (Å²) in [6, 6.07) is 0. The monoisotopic (exact) mass is 252 g/mol. The lowest BCUT2D eigenvalue weighted by molar-refractivity contribution is -0.145. The van der Waals surface area contributed by atoms with Crippen molar-refractivity contribution in [3.05, 3.63) is 12.4 Å². The molecule has 0 aromatic carbocycles. The zero-order valence-corrected chi connectivity index (χ0v) is 10.2. The van der Waals surface area contributed by atoms with Gasteiger partial charge in [0.15, 0.2) is 0 Å². The molecular formula is C11H16N4O3. The van der Waals surface area contributed by atoms with Crippen LogP contribution in [0.5, 0.6) is 0 Å². The van der Waals surface area contributed by atoms with Crippen molar-refractivity contribution in [2.24, 2.45) is 5.92 Å². The van der Waals surface area contributed by atoms with Gasteiger partial charge >= 0.3 is 5.97 Å². The van der Waals surface area contributed by atoms with Crippen LogP contribution in [0.1, 0.15) is 6.42 Å². The minimum Gasteiger partial charge on any atom is -0.469 e. The zero-order valence-electron chi connectivity index (χ0n) is 10.2. The molecule has 0 saturated carbocycles. The van der Waals surface area contributed by atoms with E-state index in [-0.39, 0.29) is 24.3 Å². The Bertz CT molecular complexity index is 457. The van der Waals surface area contributed by atoms with Crippen molar-refractivity contribution in [2.45, 2.75) is 13.0 Å². The largest absolute Gasteiger partial charge is 0.469 e. The Morgan fingerprint density at radius 2 is 2.39 bits per heavy atom. The second-order valence-electron chi connectivity index (χ2n) is 4.32. The number of anilines is 1. The minimum atomic E-state index is -0.256. The molecule has 1 aromatic rings. The summed E-state index contributed by atoms with van der Waals surface area (Å²) >= 11 is 0. The molecular weight excluding hydrogens is 236 g/mol. The van der Waals surface area contributed by atoms with Gasteiger partial charge in [0, 0.05) is 19.3 Å². The Kier molecular flexibility index (Phi) is 3.50. The summed E-state index contributed by atoms with van der Waals surface area (Å²) in [5, 5.41) is 3.95. The van der Waals surface area contributed by atoms with Crippen LogP contribution in [-0.2, 0) is 20.9 Å². The van der Waals surface area contributed by atoms with Gasteiger partial charge in [0.2, 0.25) is 5.91 Å². The molecule has 1 atom stereocenters. The van der Waals surface area contributed by atoms with Crippen molar-refractivity contribution in [1.29, 1.82) is 0 Å². The van der Waals surface area contributed by atoms with E-state index in [0.29, 0.717) is 25.2 Å². The molecule has 1 fully saturated rings. The van der Waals surface area contributed by atoms with Crippen molar-refractivity contribution in [3.63, 3.8) is 0 Å². The minimum absolute atomic E-state index is 0.0653. The number of amides is 1. The second kappa shape index (κ2) is 5.07. The maximum absolute atomic E-state index is 12.0. The highest BCUT2D eigenvalue weighted by Gasteiger charge is 2.31. The van der Waals surface area contributed by atoms with E-state index in [0.717, 1.165) is 0 Å². The van der Waals surface area contributed by atoms with Crippen LogP contribution in [0.25, 0.3) is 0 Å². The number of hydrogen-bond acceptors (Lipinski definition) is 5. The Balaban J connectivity index is 1.89. The number of nitrogens with zero attached hydrogens (tertiary/aromatic N) is 3. The number of nitrogen functional groups attached to an aromatic ring is 1. The van der Waals surface area contributed by atoms with Crippen LogP contribution >= 0.6 is 0 Å². The third kappa shape index (κ3) is 2.61. The van der Waals surface area contributed by atoms with Crippen LogP contribution in [0.15, 0.2) is 12.4 Å². The molecule has 0 spiro atoms. The van der Waals surface area contributed by atoms with E-state index in [1.807, 2.05) is 0 Å². The van der Waals surface area contributed by atoms with Gasteiger partial charge in [-0.25, -0.2) is 0 Å². The van der Waals surface area contributed by atoms with Crippen LogP contribution < -0.4 is 5.73 Å². The highest BCUT2D eigenvalue weighted by Crippen LogP contribution is 2.17. The van der Waals surface area contributed by atoms with E-state index in [1.54, 1.807) is 11.1 Å². The third-order valence-corrected chi connectivity index (χ3v) is 3.03. The molecule has 7 heteroatoms. The molecule has 1 saturated heterocycles. The number of carbonyl (C=O) groups is 2. The van der Waals surface area contributed by atoms with Crippen molar-refractivity contribution >= 4 is 17.6 Å². The summed E-state index contributed by atoms with van der Waals surface area (Å²) in [7, 11) is 1.36. The van der Waals surface area contributed by atoms with Crippen molar-refractivity contribution in [1.82, 2.24) is 14.7 Å². The van der Waals surface area contributed by atoms with Crippen LogP contribution in [0.2, 0.25) is 0 Å². The highest BCUT2D eigenvalue weighted by atomic mass is 16.5. The maximum atomic E-state index is 12.0. The fourth-order valence-corrected chi connectivity index (χ4v) is 2.05. The standard InChI is InChI=1S/C11H16N4O3/c1-18-11(17)8-2-3-14(5-8)10(16)7-15-6-9(12)4-13-15/h4,6,8H,2-3,5,7,12H2,1H3. The number of likely N-dealkylation sites (tertiary alicyclic amines) is 1. The number of esters is 1. The fraction of sp³-hybridized carbons (Fsp3) is 0.545. The number of carbonyl (C=O) groups excluding carboxylic acids is 2. The van der Waals surface area contributed by atoms with Crippen LogP contribution in [0.3, 0.4) is 0 Å². The Morgan fingerprint density at radius 3 is 3.00 bits per heavy atom. The van der Waals surface area contributed by atoms with Crippen LogP contribution in [0, 0.1) is 5.92 Å². The first-order valence-electron chi connectivity index (χ1n) is 5.73. The van der Waals surface area contributed by atoms with Gasteiger partial charge in [0.1, 0.15) is 6.54 Å². The number of rotatable bonds is 3. The lowest BCUT2D eigenvalue weighted by Gasteiger charge is -2.15. The summed E-state index contributed by atoms with van der Waals surface area (Å²) in [6.07, 6.45) is 3.75. The summed E-state index contributed by atoms with van der Waals surface area (Å²) in [6.45, 7) is 1.14. The SMILES string of the molecule is COC(=O)C1CCN(C(=O)Cn2cc(N)cn2)C1. The summed E-state index contributed by atoms with van der Waals surface area (Å²) in [5.41, 5.74) is 6.04. The van der Waals surface area contributed by atoms with Crippen LogP contribution in [-0.4, -0.2) is 46.8 Å². The average Bonchev–Trinajstić information content (AvgIpc) is 2.97. The quantitative estimate of drug-likeness (QED) is 0.731. The van der Waals surface area contributed by atoms with Gasteiger partial charge in [-0.15, -0.1) is 0 Å². The summed E-state index contributed by atoms with van der Waals surface area (Å²) in [4.78, 5) is 25.0. The first-order chi connectivity index (χ1) is 8.60. The molecule has 1 aromatic heterocycles. The van der Waals surface area contributed by atoms with E-state index in [2.05, 4.69) is 9.84 Å². The van der Waals surface area contributed by atoms with Crippen molar-refractivity contribution < 1.29 is 14.3 Å². The van der Waals surface area contributed by atoms with Gasteiger partial charge in [-0.05, 0) is 6.42 Å². The number of aromatic nitrogens is 2. The molecule has 1 aliphatic rings. The second-order valence-corrected chi connectivity index (χ2v) is 4.32. The smallest absolute Gasteiger partial charge is 0.310 e. The molecule has 0 radical (unpaired) electrons. The Labute approximate surface area is 104 Å². The van der Waals surface area contributed by atoms with Gasteiger partial charge in [-0.1, -0.05) is 0 Å². The van der Waals surface area contributed by atoms with Gasteiger partial charge in [0.05, 0.1) is 24.9 Å². The predicted octanol–water partition coefficient (Wildman–Crippen LogP) is -0.513. The maximum Gasteiger partial charge on any atom is 0.310 e. The van der Waals surface area contributed by atoms with Gasteiger partial charge in [-0.2, -0.15) is 5.10 Å². The lowest BCUT2D eigenvalue weighted by atomic mass is 10.1. The molecule has 2 N–H and O–H groups in total. The molecule has 2 rings (SSSR count). The van der Waals surface area contributed by atoms with Gasteiger partial charge in [-0.3, -0.25) is 14.3 Å². The number of nitrogens with two attached hydrogens (primary N) is 1. The van der Waals surface area contributed by atoms with Crippen molar-refractivity contribution in [3.8, 4) is 0 Å². The Morgan fingerprint density at radius 1 is 1.61 bits per heavy atom. The molecule has 1 aliphatic heterocycles. The van der Waals surface area contributed by atoms with E-state index >= 15 is 0 Å². The summed E-state index contributed by atoms with van der Waals surface area (Å²) < 4.78 is 6.16. The first-order valence-corrected chi connectivity index (χ1v) is 5.73. The van der Waals surface area contributed by atoms with E-state index in [4.69, 9.17) is 5.73 Å². The highest BCUT2D eigenvalue weighted by molar-refractivity contribution is 5.79. The van der Waals surface area contributed by atoms with Gasteiger partial charge in [0.25, 0.3) is 0 Å². The topological polar surface area (TPSA) is 90.5 Å². The summed E-state index contributed by atoms with van der Waals surface area (Å²) in [5.74, 6) is -0.528. The van der Waals surface area contributed by atoms with E-state index in [9.17, 15) is 9.59 Å². The van der Waals surface area contributed by atoms with E-state index < -0.39 is 0 Å². The molecule has 1 amide bonds. The molecule has 98 valence electrons. The van der Waals surface area contributed by atoms with Gasteiger partial charge < -0.3 is 15.4 Å². The third-order valence-electron chi connectivity index (χ3n) is 3.03. The first kappa shape index (κ1) is 12.4. The fourth-order valence-electron chi connectivity index (χ4n) is 2.05. The number of ether oxygens (including phenoxy) is 1. The number of hydrogen-bond donors (Lipinski definition) is 1. The van der Waals surface area contributed by atoms with Crippen molar-refractivity contribution in [2.75, 3.05) is 25.9 Å². The molecule has 1 unspecified atom stereocenters. The Hall–Kier alpha value is -2.05. The molecule has 0 aliphatic carbocycles. The predicted molar refractivity (Wildman–Crippen MR) is 63.3 cm³/mol. The molecule has 0 bridgehead atoms. The normalized spacial score (nSPS) is 18.9.